The predicted molar refractivity (Wildman–Crippen MR) is 70.3 cm³/mol. The van der Waals surface area contributed by atoms with Gasteiger partial charge in [0.25, 0.3) is 0 Å². The van der Waals surface area contributed by atoms with Gasteiger partial charge in [0, 0.05) is 13.1 Å². The Morgan fingerprint density at radius 3 is 2.80 bits per heavy atom. The molecule has 1 aromatic rings. The van der Waals surface area contributed by atoms with Gasteiger partial charge in [0.05, 0.1) is 5.92 Å². The summed E-state index contributed by atoms with van der Waals surface area (Å²) < 4.78 is 39.9. The molecule has 1 saturated heterocycles. The van der Waals surface area contributed by atoms with Gasteiger partial charge in [0.15, 0.2) is 0 Å². The molecule has 0 aliphatic carbocycles. The lowest BCUT2D eigenvalue weighted by Gasteiger charge is -2.30. The Hall–Kier alpha value is -1.47. The van der Waals surface area contributed by atoms with Crippen LogP contribution < -0.4 is 0 Å². The zero-order chi connectivity index (χ0) is 14.9. The Kier molecular flexibility index (Phi) is 4.10. The third-order valence-electron chi connectivity index (χ3n) is 3.51. The zero-order valence-electron chi connectivity index (χ0n) is 11.0. The highest BCUT2D eigenvalue weighted by molar-refractivity contribution is 7.89. The van der Waals surface area contributed by atoms with Crippen LogP contribution in [0.5, 0.6) is 0 Å². The maximum atomic E-state index is 14.0. The van der Waals surface area contributed by atoms with Crippen molar-refractivity contribution in [2.45, 2.75) is 24.7 Å². The number of aliphatic carboxylic acids is 1. The Bertz CT molecular complexity index is 629. The van der Waals surface area contributed by atoms with Crippen molar-refractivity contribution in [2.75, 3.05) is 13.1 Å². The molecule has 0 spiro atoms. The highest BCUT2D eigenvalue weighted by Crippen LogP contribution is 2.26. The number of aryl methyl sites for hydroxylation is 1. The van der Waals surface area contributed by atoms with Gasteiger partial charge in [0.1, 0.15) is 10.7 Å². The van der Waals surface area contributed by atoms with Gasteiger partial charge < -0.3 is 5.11 Å². The Balaban J connectivity index is 2.35. The van der Waals surface area contributed by atoms with Crippen molar-refractivity contribution < 1.29 is 22.7 Å². The molecule has 1 N–H and O–H groups in total. The fourth-order valence-corrected chi connectivity index (χ4v) is 3.98. The van der Waals surface area contributed by atoms with Crippen LogP contribution in [0, 0.1) is 18.7 Å². The van der Waals surface area contributed by atoms with E-state index >= 15 is 0 Å². The van der Waals surface area contributed by atoms with E-state index in [4.69, 9.17) is 5.11 Å². The number of hydrogen-bond donors (Lipinski definition) is 1. The number of halogens is 1. The summed E-state index contributed by atoms with van der Waals surface area (Å²) in [4.78, 5) is 10.6. The molecule has 0 radical (unpaired) electrons. The summed E-state index contributed by atoms with van der Waals surface area (Å²) in [5.41, 5.74) is 0.248. The number of benzene rings is 1. The molecule has 0 saturated carbocycles. The van der Waals surface area contributed by atoms with E-state index in [-0.39, 0.29) is 23.5 Å². The fourth-order valence-electron chi connectivity index (χ4n) is 2.32. The normalized spacial score (nSPS) is 20.8. The number of piperidine rings is 1. The highest BCUT2D eigenvalue weighted by atomic mass is 32.2. The largest absolute Gasteiger partial charge is 0.481 e. The van der Waals surface area contributed by atoms with Gasteiger partial charge in [-0.15, -0.1) is 0 Å². The molecule has 1 heterocycles. The smallest absolute Gasteiger partial charge is 0.307 e. The van der Waals surface area contributed by atoms with Crippen LogP contribution in [0.3, 0.4) is 0 Å². The average molecular weight is 301 g/mol. The van der Waals surface area contributed by atoms with Crippen LogP contribution in [-0.4, -0.2) is 36.9 Å². The Morgan fingerprint density at radius 1 is 1.45 bits per heavy atom. The lowest BCUT2D eigenvalue weighted by Crippen LogP contribution is -2.42. The van der Waals surface area contributed by atoms with Crippen LogP contribution in [0.4, 0.5) is 4.39 Å². The first kappa shape index (κ1) is 14.9. The summed E-state index contributed by atoms with van der Waals surface area (Å²) in [5.74, 6) is -2.52. The van der Waals surface area contributed by atoms with E-state index in [2.05, 4.69) is 0 Å². The highest BCUT2D eigenvalue weighted by Gasteiger charge is 2.34. The second kappa shape index (κ2) is 5.49. The van der Waals surface area contributed by atoms with Crippen molar-refractivity contribution in [2.24, 2.45) is 5.92 Å². The minimum atomic E-state index is -3.99. The minimum Gasteiger partial charge on any atom is -0.481 e. The van der Waals surface area contributed by atoms with E-state index in [1.807, 2.05) is 0 Å². The second-order valence-electron chi connectivity index (χ2n) is 4.93. The van der Waals surface area contributed by atoms with Crippen molar-refractivity contribution in [1.29, 1.82) is 0 Å². The molecule has 110 valence electrons. The molecule has 0 bridgehead atoms. The first-order valence-electron chi connectivity index (χ1n) is 6.32. The van der Waals surface area contributed by atoms with E-state index in [0.29, 0.717) is 12.8 Å². The van der Waals surface area contributed by atoms with Crippen LogP contribution in [0.1, 0.15) is 18.4 Å². The average Bonchev–Trinajstić information content (AvgIpc) is 2.41. The molecule has 0 amide bonds. The second-order valence-corrected chi connectivity index (χ2v) is 6.83. The first-order valence-corrected chi connectivity index (χ1v) is 7.76. The molecule has 1 aliphatic heterocycles. The van der Waals surface area contributed by atoms with Crippen LogP contribution in [0.15, 0.2) is 23.1 Å². The molecule has 1 aliphatic rings. The van der Waals surface area contributed by atoms with Gasteiger partial charge in [-0.3, -0.25) is 4.79 Å². The van der Waals surface area contributed by atoms with E-state index in [1.165, 1.54) is 25.1 Å². The zero-order valence-corrected chi connectivity index (χ0v) is 11.9. The van der Waals surface area contributed by atoms with E-state index in [0.717, 1.165) is 4.31 Å². The number of rotatable bonds is 3. The van der Waals surface area contributed by atoms with Crippen molar-refractivity contribution in [1.82, 2.24) is 4.31 Å². The van der Waals surface area contributed by atoms with Crippen LogP contribution in [-0.2, 0) is 14.8 Å². The van der Waals surface area contributed by atoms with E-state index in [9.17, 15) is 17.6 Å². The molecule has 0 aromatic heterocycles. The van der Waals surface area contributed by atoms with Crippen molar-refractivity contribution in [3.8, 4) is 0 Å². The topological polar surface area (TPSA) is 74.7 Å². The van der Waals surface area contributed by atoms with Crippen molar-refractivity contribution >= 4 is 16.0 Å². The molecule has 1 fully saturated rings. The van der Waals surface area contributed by atoms with Crippen LogP contribution in [0.25, 0.3) is 0 Å². The number of hydrogen-bond acceptors (Lipinski definition) is 3. The number of carbonyl (C=O) groups is 1. The number of nitrogens with zero attached hydrogens (tertiary/aromatic N) is 1. The summed E-state index contributed by atoms with van der Waals surface area (Å²) in [5, 5.41) is 9.00. The first-order chi connectivity index (χ1) is 9.34. The van der Waals surface area contributed by atoms with Crippen LogP contribution in [0.2, 0.25) is 0 Å². The van der Waals surface area contributed by atoms with Gasteiger partial charge in [-0.05, 0) is 31.4 Å². The van der Waals surface area contributed by atoms with Gasteiger partial charge >= 0.3 is 5.97 Å². The quantitative estimate of drug-likeness (QED) is 0.920. The monoisotopic (exact) mass is 301 g/mol. The molecular formula is C13H16FNO4S. The van der Waals surface area contributed by atoms with Gasteiger partial charge in [0.2, 0.25) is 10.0 Å². The Labute approximate surface area is 117 Å². The summed E-state index contributed by atoms with van der Waals surface area (Å²) in [6, 6.07) is 4.18. The van der Waals surface area contributed by atoms with E-state index in [1.54, 1.807) is 0 Å². The molecule has 1 unspecified atom stereocenters. The number of carboxylic acids is 1. The van der Waals surface area contributed by atoms with Crippen molar-refractivity contribution in [3.63, 3.8) is 0 Å². The SMILES string of the molecule is Cc1cccc(S(=O)(=O)N2CCCC(C(=O)O)C2)c1F. The fraction of sp³-hybridized carbons (Fsp3) is 0.462. The predicted octanol–water partition coefficient (Wildman–Crippen LogP) is 1.62. The number of carboxylic acid groups (broad SMARTS) is 1. The maximum Gasteiger partial charge on any atom is 0.307 e. The van der Waals surface area contributed by atoms with Crippen LogP contribution >= 0.6 is 0 Å². The van der Waals surface area contributed by atoms with E-state index < -0.39 is 27.7 Å². The lowest BCUT2D eigenvalue weighted by atomic mass is 10.0. The summed E-state index contributed by atoms with van der Waals surface area (Å²) in [7, 11) is -3.99. The molecule has 2 rings (SSSR count). The summed E-state index contributed by atoms with van der Waals surface area (Å²) in [6.45, 7) is 1.61. The summed E-state index contributed by atoms with van der Waals surface area (Å²) in [6.07, 6.45) is 0.904. The molecule has 5 nitrogen and oxygen atoms in total. The number of sulfonamides is 1. The standard InChI is InChI=1S/C13H16FNO4S/c1-9-4-2-6-11(12(9)14)20(18,19)15-7-3-5-10(8-15)13(16)17/h2,4,6,10H,3,5,7-8H2,1H3,(H,16,17). The molecule has 20 heavy (non-hydrogen) atoms. The third-order valence-corrected chi connectivity index (χ3v) is 5.39. The Morgan fingerprint density at radius 2 is 2.15 bits per heavy atom. The minimum absolute atomic E-state index is 0.106. The molecular weight excluding hydrogens is 285 g/mol. The van der Waals surface area contributed by atoms with Gasteiger partial charge in [-0.1, -0.05) is 12.1 Å². The molecule has 1 aromatic carbocycles. The molecule has 7 heteroatoms. The lowest BCUT2D eigenvalue weighted by molar-refractivity contribution is -0.142. The maximum absolute atomic E-state index is 14.0. The van der Waals surface area contributed by atoms with Gasteiger partial charge in [-0.2, -0.15) is 4.31 Å². The molecule has 1 atom stereocenters. The van der Waals surface area contributed by atoms with Crippen molar-refractivity contribution in [3.05, 3.63) is 29.6 Å². The van der Waals surface area contributed by atoms with Gasteiger partial charge in [-0.25, -0.2) is 12.8 Å². The summed E-state index contributed by atoms with van der Waals surface area (Å²) >= 11 is 0. The third kappa shape index (κ3) is 2.69.